The Morgan fingerprint density at radius 2 is 1.76 bits per heavy atom. The van der Waals surface area contributed by atoms with Crippen LogP contribution in [0.2, 0.25) is 0 Å². The van der Waals surface area contributed by atoms with Gasteiger partial charge in [0.15, 0.2) is 0 Å². The fourth-order valence-corrected chi connectivity index (χ4v) is 3.13. The van der Waals surface area contributed by atoms with Crippen molar-refractivity contribution in [2.45, 2.75) is 44.3 Å². The van der Waals surface area contributed by atoms with Gasteiger partial charge in [0, 0.05) is 29.9 Å². The van der Waals surface area contributed by atoms with E-state index in [-0.39, 0.29) is 19.3 Å². The largest absolute Gasteiger partial charge is 0.480 e. The summed E-state index contributed by atoms with van der Waals surface area (Å²) in [7, 11) is 0. The third-order valence-electron chi connectivity index (χ3n) is 4.94. The van der Waals surface area contributed by atoms with Crippen LogP contribution in [0.1, 0.15) is 25.3 Å². The first-order chi connectivity index (χ1) is 15.6. The molecule has 0 aliphatic heterocycles. The molecule has 0 fully saturated rings. The SMILES string of the molecule is CC(NC(=O)C(N)CCC(N)=O)C(=O)NC(Cc1c[nH]c2ccccc12)C(=O)NCC(=O)O. The molecule has 12 heteroatoms. The van der Waals surface area contributed by atoms with Gasteiger partial charge in [0.05, 0.1) is 6.04 Å². The fraction of sp³-hybridized carbons (Fsp3) is 0.381. The molecule has 2 rings (SSSR count). The van der Waals surface area contributed by atoms with E-state index in [2.05, 4.69) is 20.9 Å². The van der Waals surface area contributed by atoms with E-state index in [4.69, 9.17) is 16.6 Å². The Morgan fingerprint density at radius 3 is 2.42 bits per heavy atom. The highest BCUT2D eigenvalue weighted by molar-refractivity contribution is 5.94. The van der Waals surface area contributed by atoms with Gasteiger partial charge in [-0.2, -0.15) is 0 Å². The Hall–Kier alpha value is -3.93. The molecule has 12 nitrogen and oxygen atoms in total. The molecule has 33 heavy (non-hydrogen) atoms. The summed E-state index contributed by atoms with van der Waals surface area (Å²) in [5, 5.41) is 16.9. The number of benzene rings is 1. The van der Waals surface area contributed by atoms with E-state index in [0.29, 0.717) is 0 Å². The third-order valence-corrected chi connectivity index (χ3v) is 4.94. The molecule has 0 radical (unpaired) electrons. The Kier molecular flexibility index (Phi) is 8.92. The van der Waals surface area contributed by atoms with E-state index in [0.717, 1.165) is 16.5 Å². The maximum atomic E-state index is 12.7. The summed E-state index contributed by atoms with van der Waals surface area (Å²) in [6, 6.07) is 4.21. The fourth-order valence-electron chi connectivity index (χ4n) is 3.13. The van der Waals surface area contributed by atoms with Crippen LogP contribution in [0.25, 0.3) is 10.9 Å². The van der Waals surface area contributed by atoms with Crippen molar-refractivity contribution >= 4 is 40.5 Å². The topological polar surface area (TPSA) is 209 Å². The zero-order chi connectivity index (χ0) is 24.5. The minimum Gasteiger partial charge on any atom is -0.480 e. The number of nitrogens with one attached hydrogen (secondary N) is 4. The minimum atomic E-state index is -1.23. The summed E-state index contributed by atoms with van der Waals surface area (Å²) >= 11 is 0. The van der Waals surface area contributed by atoms with Crippen LogP contribution >= 0.6 is 0 Å². The van der Waals surface area contributed by atoms with Gasteiger partial charge in [-0.15, -0.1) is 0 Å². The van der Waals surface area contributed by atoms with Crippen LogP contribution in [0.15, 0.2) is 30.5 Å². The highest BCUT2D eigenvalue weighted by Gasteiger charge is 2.27. The van der Waals surface area contributed by atoms with Crippen LogP contribution in [-0.4, -0.2) is 64.4 Å². The highest BCUT2D eigenvalue weighted by Crippen LogP contribution is 2.19. The molecule has 3 unspecified atom stereocenters. The zero-order valence-electron chi connectivity index (χ0n) is 18.1. The number of para-hydroxylation sites is 1. The predicted molar refractivity (Wildman–Crippen MR) is 119 cm³/mol. The van der Waals surface area contributed by atoms with Gasteiger partial charge in [-0.05, 0) is 25.0 Å². The Labute approximate surface area is 189 Å². The molecule has 0 saturated heterocycles. The summed E-state index contributed by atoms with van der Waals surface area (Å²) in [5.74, 6) is -3.83. The zero-order valence-corrected chi connectivity index (χ0v) is 18.1. The molecule has 4 amide bonds. The van der Waals surface area contributed by atoms with Gasteiger partial charge >= 0.3 is 5.97 Å². The maximum absolute atomic E-state index is 12.7. The predicted octanol–water partition coefficient (Wildman–Crippen LogP) is -1.51. The van der Waals surface area contributed by atoms with Crippen molar-refractivity contribution in [3.05, 3.63) is 36.0 Å². The van der Waals surface area contributed by atoms with Gasteiger partial charge in [-0.1, -0.05) is 18.2 Å². The lowest BCUT2D eigenvalue weighted by Gasteiger charge is -2.22. The van der Waals surface area contributed by atoms with Crippen LogP contribution in [-0.2, 0) is 30.4 Å². The smallest absolute Gasteiger partial charge is 0.322 e. The average Bonchev–Trinajstić information content (AvgIpc) is 3.17. The number of carboxylic acids is 1. The van der Waals surface area contributed by atoms with Crippen molar-refractivity contribution in [1.29, 1.82) is 0 Å². The lowest BCUT2D eigenvalue weighted by atomic mass is 10.0. The second-order valence-electron chi connectivity index (χ2n) is 7.58. The lowest BCUT2D eigenvalue weighted by molar-refractivity contribution is -0.138. The first kappa shape index (κ1) is 25.3. The first-order valence-electron chi connectivity index (χ1n) is 10.3. The van der Waals surface area contributed by atoms with Crippen molar-refractivity contribution < 1.29 is 29.1 Å². The monoisotopic (exact) mass is 460 g/mol. The number of aromatic nitrogens is 1. The summed E-state index contributed by atoms with van der Waals surface area (Å²) in [6.07, 6.45) is 1.74. The molecule has 178 valence electrons. The number of fused-ring (bicyclic) bond motifs is 1. The number of primary amides is 1. The van der Waals surface area contributed by atoms with Crippen LogP contribution in [0, 0.1) is 0 Å². The van der Waals surface area contributed by atoms with Crippen molar-refractivity contribution in [3.8, 4) is 0 Å². The summed E-state index contributed by atoms with van der Waals surface area (Å²) in [4.78, 5) is 62.2. The van der Waals surface area contributed by atoms with Crippen LogP contribution in [0.3, 0.4) is 0 Å². The quantitative estimate of drug-likeness (QED) is 0.199. The number of carboxylic acid groups (broad SMARTS) is 1. The second-order valence-corrected chi connectivity index (χ2v) is 7.58. The second kappa shape index (κ2) is 11.6. The molecule has 0 spiro atoms. The van der Waals surface area contributed by atoms with Crippen molar-refractivity contribution in [1.82, 2.24) is 20.9 Å². The number of H-pyrrole nitrogens is 1. The molecule has 1 aromatic heterocycles. The number of carbonyl (C=O) groups excluding carboxylic acids is 4. The molecule has 0 saturated carbocycles. The number of carbonyl (C=O) groups is 5. The van der Waals surface area contributed by atoms with Crippen LogP contribution in [0.4, 0.5) is 0 Å². The standard InChI is InChI=1S/C21H28N6O6/c1-11(26-20(32)14(22)6-7-17(23)28)19(31)27-16(21(33)25-10-18(29)30)8-12-9-24-15-5-3-2-4-13(12)15/h2-5,9,11,14,16,24H,6-8,10,22H2,1H3,(H2,23,28)(H,25,33)(H,26,32)(H,27,31)(H,29,30). The van der Waals surface area contributed by atoms with Gasteiger partial charge in [0.2, 0.25) is 23.6 Å². The number of rotatable bonds is 12. The number of hydrogen-bond donors (Lipinski definition) is 7. The highest BCUT2D eigenvalue weighted by atomic mass is 16.4. The molecular weight excluding hydrogens is 432 g/mol. The van der Waals surface area contributed by atoms with Gasteiger partial charge < -0.3 is 37.5 Å². The molecule has 0 aliphatic carbocycles. The van der Waals surface area contributed by atoms with E-state index in [1.807, 2.05) is 24.3 Å². The Balaban J connectivity index is 2.08. The first-order valence-corrected chi connectivity index (χ1v) is 10.3. The normalized spacial score (nSPS) is 13.5. The molecule has 1 aromatic carbocycles. The Bertz CT molecular complexity index is 1040. The van der Waals surface area contributed by atoms with Gasteiger partial charge in [0.1, 0.15) is 18.6 Å². The van der Waals surface area contributed by atoms with Gasteiger partial charge in [-0.25, -0.2) is 0 Å². The number of hydrogen-bond acceptors (Lipinski definition) is 6. The van der Waals surface area contributed by atoms with Gasteiger partial charge in [-0.3, -0.25) is 24.0 Å². The molecule has 0 bridgehead atoms. The van der Waals surface area contributed by atoms with E-state index in [1.165, 1.54) is 6.92 Å². The third kappa shape index (κ3) is 7.61. The lowest BCUT2D eigenvalue weighted by Crippen LogP contribution is -2.55. The number of amides is 4. The van der Waals surface area contributed by atoms with Crippen molar-refractivity contribution in [2.75, 3.05) is 6.54 Å². The van der Waals surface area contributed by atoms with Crippen LogP contribution < -0.4 is 27.4 Å². The van der Waals surface area contributed by atoms with Crippen LogP contribution in [0.5, 0.6) is 0 Å². The molecule has 0 aliphatic rings. The summed E-state index contributed by atoms with van der Waals surface area (Å²) in [5.41, 5.74) is 12.3. The maximum Gasteiger partial charge on any atom is 0.322 e. The van der Waals surface area contributed by atoms with E-state index >= 15 is 0 Å². The van der Waals surface area contributed by atoms with E-state index < -0.39 is 54.3 Å². The summed E-state index contributed by atoms with van der Waals surface area (Å²) < 4.78 is 0. The molecular formula is C21H28N6O6. The van der Waals surface area contributed by atoms with Crippen molar-refractivity contribution in [2.24, 2.45) is 11.5 Å². The molecule has 3 atom stereocenters. The van der Waals surface area contributed by atoms with E-state index in [1.54, 1.807) is 6.20 Å². The average molecular weight is 460 g/mol. The van der Waals surface area contributed by atoms with Crippen molar-refractivity contribution in [3.63, 3.8) is 0 Å². The number of aliphatic carboxylic acids is 1. The molecule has 1 heterocycles. The van der Waals surface area contributed by atoms with E-state index in [9.17, 15) is 24.0 Å². The van der Waals surface area contributed by atoms with Gasteiger partial charge in [0.25, 0.3) is 0 Å². The number of nitrogens with two attached hydrogens (primary N) is 2. The minimum absolute atomic E-state index is 0.0241. The number of aromatic amines is 1. The summed E-state index contributed by atoms with van der Waals surface area (Å²) in [6.45, 7) is 0.798. The Morgan fingerprint density at radius 1 is 1.06 bits per heavy atom. The molecule has 2 aromatic rings. The molecule has 9 N–H and O–H groups in total.